The molecule has 0 atom stereocenters. The molecule has 0 fully saturated rings. The fourth-order valence-electron chi connectivity index (χ4n) is 1.37. The van der Waals surface area contributed by atoms with E-state index in [0.29, 0.717) is 24.9 Å². The summed E-state index contributed by atoms with van der Waals surface area (Å²) in [5.41, 5.74) is 0.701. The summed E-state index contributed by atoms with van der Waals surface area (Å²) in [6, 6.07) is 5.51. The number of halogens is 2. The molecule has 0 spiro atoms. The fourth-order valence-corrected chi connectivity index (χ4v) is 2.07. The van der Waals surface area contributed by atoms with E-state index in [9.17, 15) is 9.59 Å². The van der Waals surface area contributed by atoms with E-state index in [4.69, 9.17) is 5.11 Å². The Morgan fingerprint density at radius 2 is 1.83 bits per heavy atom. The van der Waals surface area contributed by atoms with E-state index in [0.717, 1.165) is 8.95 Å². The lowest BCUT2D eigenvalue weighted by atomic mass is 10.2. The van der Waals surface area contributed by atoms with Gasteiger partial charge < -0.3 is 10.4 Å². The van der Waals surface area contributed by atoms with Crippen LogP contribution < -0.4 is 5.32 Å². The van der Waals surface area contributed by atoms with Crippen molar-refractivity contribution in [3.8, 4) is 0 Å². The highest BCUT2D eigenvalue weighted by Crippen LogP contribution is 2.26. The monoisotopic (exact) mass is 377 g/mol. The van der Waals surface area contributed by atoms with Crippen molar-refractivity contribution in [3.63, 3.8) is 0 Å². The van der Waals surface area contributed by atoms with Gasteiger partial charge in [-0.2, -0.15) is 0 Å². The summed E-state index contributed by atoms with van der Waals surface area (Å²) in [5, 5.41) is 11.2. The number of anilines is 1. The SMILES string of the molecule is O=C(O)CCCCC(=O)Nc1cc(Br)ccc1Br. The molecule has 0 aliphatic heterocycles. The summed E-state index contributed by atoms with van der Waals surface area (Å²) in [6.07, 6.45) is 1.52. The first kappa shape index (κ1) is 15.2. The van der Waals surface area contributed by atoms with E-state index in [1.54, 1.807) is 6.07 Å². The number of hydrogen-bond acceptors (Lipinski definition) is 2. The zero-order valence-electron chi connectivity index (χ0n) is 9.58. The molecule has 0 aliphatic rings. The molecule has 1 amide bonds. The van der Waals surface area contributed by atoms with Gasteiger partial charge in [0.2, 0.25) is 5.91 Å². The van der Waals surface area contributed by atoms with E-state index >= 15 is 0 Å². The van der Waals surface area contributed by atoms with Crippen LogP contribution in [0.5, 0.6) is 0 Å². The van der Waals surface area contributed by atoms with Crippen molar-refractivity contribution in [2.24, 2.45) is 0 Å². The zero-order valence-corrected chi connectivity index (χ0v) is 12.8. The molecular weight excluding hydrogens is 366 g/mol. The number of carboxylic acids is 1. The molecule has 0 saturated carbocycles. The second-order valence-electron chi connectivity index (χ2n) is 3.77. The topological polar surface area (TPSA) is 66.4 Å². The summed E-state index contributed by atoms with van der Waals surface area (Å²) >= 11 is 6.68. The maximum absolute atomic E-state index is 11.6. The minimum Gasteiger partial charge on any atom is -0.481 e. The van der Waals surface area contributed by atoms with Gasteiger partial charge in [0.05, 0.1) is 5.69 Å². The number of unbranched alkanes of at least 4 members (excludes halogenated alkanes) is 1. The predicted molar refractivity (Wildman–Crippen MR) is 76.6 cm³/mol. The number of carbonyl (C=O) groups excluding carboxylic acids is 1. The van der Waals surface area contributed by atoms with Crippen molar-refractivity contribution >= 4 is 49.4 Å². The lowest BCUT2D eigenvalue weighted by molar-refractivity contribution is -0.137. The number of amides is 1. The van der Waals surface area contributed by atoms with Gasteiger partial charge in [-0.1, -0.05) is 15.9 Å². The van der Waals surface area contributed by atoms with Crippen LogP contribution in [-0.4, -0.2) is 17.0 Å². The molecule has 1 aromatic carbocycles. The second-order valence-corrected chi connectivity index (χ2v) is 5.54. The Morgan fingerprint density at radius 3 is 2.50 bits per heavy atom. The van der Waals surface area contributed by atoms with Crippen molar-refractivity contribution in [3.05, 3.63) is 27.1 Å². The Hall–Kier alpha value is -0.880. The lowest BCUT2D eigenvalue weighted by Gasteiger charge is -2.07. The molecule has 1 rings (SSSR count). The van der Waals surface area contributed by atoms with E-state index in [2.05, 4.69) is 37.2 Å². The van der Waals surface area contributed by atoms with E-state index in [-0.39, 0.29) is 12.3 Å². The third-order valence-electron chi connectivity index (χ3n) is 2.25. The number of nitrogens with one attached hydrogen (secondary N) is 1. The molecule has 0 aromatic heterocycles. The summed E-state index contributed by atoms with van der Waals surface area (Å²) in [5.74, 6) is -0.940. The highest BCUT2D eigenvalue weighted by Gasteiger charge is 2.06. The van der Waals surface area contributed by atoms with Crippen molar-refractivity contribution in [1.29, 1.82) is 0 Å². The van der Waals surface area contributed by atoms with E-state index in [1.165, 1.54) is 0 Å². The number of hydrogen-bond donors (Lipinski definition) is 2. The van der Waals surface area contributed by atoms with Crippen LogP contribution in [0.25, 0.3) is 0 Å². The number of benzene rings is 1. The minimum absolute atomic E-state index is 0.105. The predicted octanol–water partition coefficient (Wildman–Crippen LogP) is 3.80. The van der Waals surface area contributed by atoms with Crippen LogP contribution in [-0.2, 0) is 9.59 Å². The first-order valence-corrected chi connectivity index (χ1v) is 7.04. The largest absolute Gasteiger partial charge is 0.481 e. The van der Waals surface area contributed by atoms with Gasteiger partial charge in [-0.25, -0.2) is 0 Å². The normalized spacial score (nSPS) is 10.1. The third-order valence-corrected chi connectivity index (χ3v) is 3.43. The van der Waals surface area contributed by atoms with Crippen molar-refractivity contribution in [2.45, 2.75) is 25.7 Å². The molecule has 0 unspecified atom stereocenters. The van der Waals surface area contributed by atoms with Gasteiger partial charge in [-0.15, -0.1) is 0 Å². The summed E-state index contributed by atoms with van der Waals surface area (Å²) in [7, 11) is 0. The maximum Gasteiger partial charge on any atom is 0.303 e. The first-order valence-electron chi connectivity index (χ1n) is 5.45. The summed E-state index contributed by atoms with van der Waals surface area (Å²) in [4.78, 5) is 21.9. The van der Waals surface area contributed by atoms with Gasteiger partial charge in [0.15, 0.2) is 0 Å². The van der Waals surface area contributed by atoms with Crippen LogP contribution >= 0.6 is 31.9 Å². The Labute approximate surface area is 122 Å². The number of rotatable bonds is 6. The first-order chi connectivity index (χ1) is 8.49. The summed E-state index contributed by atoms with van der Waals surface area (Å²) in [6.45, 7) is 0. The highest BCUT2D eigenvalue weighted by atomic mass is 79.9. The molecule has 0 heterocycles. The van der Waals surface area contributed by atoms with Gasteiger partial charge in [0.25, 0.3) is 0 Å². The van der Waals surface area contributed by atoms with Crippen LogP contribution in [0.15, 0.2) is 27.1 Å². The average Bonchev–Trinajstić information content (AvgIpc) is 2.29. The fraction of sp³-hybridized carbons (Fsp3) is 0.333. The quantitative estimate of drug-likeness (QED) is 0.740. The van der Waals surface area contributed by atoms with Gasteiger partial charge in [-0.05, 0) is 47.0 Å². The molecule has 0 aliphatic carbocycles. The van der Waals surface area contributed by atoms with Gasteiger partial charge in [0.1, 0.15) is 0 Å². The van der Waals surface area contributed by atoms with Crippen molar-refractivity contribution < 1.29 is 14.7 Å². The van der Waals surface area contributed by atoms with Crippen molar-refractivity contribution in [2.75, 3.05) is 5.32 Å². The molecule has 18 heavy (non-hydrogen) atoms. The highest BCUT2D eigenvalue weighted by molar-refractivity contribution is 9.11. The van der Waals surface area contributed by atoms with Crippen LogP contribution in [0.2, 0.25) is 0 Å². The average molecular weight is 379 g/mol. The second kappa shape index (κ2) is 7.53. The standard InChI is InChI=1S/C12H13Br2NO3/c13-8-5-6-9(14)10(7-8)15-11(16)3-1-2-4-12(17)18/h5-7H,1-4H2,(H,15,16)(H,17,18). The third kappa shape index (κ3) is 5.64. The number of carboxylic acid groups (broad SMARTS) is 1. The number of carbonyl (C=O) groups is 2. The summed E-state index contributed by atoms with van der Waals surface area (Å²) < 4.78 is 1.69. The van der Waals surface area contributed by atoms with E-state index < -0.39 is 5.97 Å². The van der Waals surface area contributed by atoms with Crippen LogP contribution in [0.3, 0.4) is 0 Å². The molecule has 4 nitrogen and oxygen atoms in total. The molecular formula is C12H13Br2NO3. The molecule has 98 valence electrons. The van der Waals surface area contributed by atoms with Crippen LogP contribution in [0.1, 0.15) is 25.7 Å². The zero-order chi connectivity index (χ0) is 13.5. The molecule has 6 heteroatoms. The van der Waals surface area contributed by atoms with Gasteiger partial charge >= 0.3 is 5.97 Å². The van der Waals surface area contributed by atoms with Crippen molar-refractivity contribution in [1.82, 2.24) is 0 Å². The van der Waals surface area contributed by atoms with Crippen LogP contribution in [0.4, 0.5) is 5.69 Å². The number of aliphatic carboxylic acids is 1. The molecule has 0 saturated heterocycles. The Morgan fingerprint density at radius 1 is 1.17 bits per heavy atom. The minimum atomic E-state index is -0.829. The molecule has 1 aromatic rings. The van der Waals surface area contributed by atoms with Crippen LogP contribution in [0, 0.1) is 0 Å². The maximum atomic E-state index is 11.6. The Kier molecular flexibility index (Phi) is 6.35. The molecule has 0 radical (unpaired) electrons. The van der Waals surface area contributed by atoms with Gasteiger partial charge in [0, 0.05) is 21.8 Å². The smallest absolute Gasteiger partial charge is 0.303 e. The van der Waals surface area contributed by atoms with E-state index in [1.807, 2.05) is 12.1 Å². The Bertz CT molecular complexity index is 449. The molecule has 0 bridgehead atoms. The lowest BCUT2D eigenvalue weighted by Crippen LogP contribution is -2.11. The van der Waals surface area contributed by atoms with Gasteiger partial charge in [-0.3, -0.25) is 9.59 Å². The Balaban J connectivity index is 2.40. The molecule has 2 N–H and O–H groups in total.